The van der Waals surface area contributed by atoms with Gasteiger partial charge < -0.3 is 19.9 Å². The Bertz CT molecular complexity index is 559. The van der Waals surface area contributed by atoms with Gasteiger partial charge in [0.05, 0.1) is 19.3 Å². The Labute approximate surface area is 142 Å². The van der Waals surface area contributed by atoms with Gasteiger partial charge in [0.15, 0.2) is 5.82 Å². The third-order valence-electron chi connectivity index (χ3n) is 4.43. The molecule has 8 nitrogen and oxygen atoms in total. The summed E-state index contributed by atoms with van der Waals surface area (Å²) >= 11 is 0. The van der Waals surface area contributed by atoms with Gasteiger partial charge in [-0.1, -0.05) is 13.8 Å². The van der Waals surface area contributed by atoms with E-state index in [0.717, 1.165) is 57.3 Å². The molecule has 0 unspecified atom stereocenters. The molecule has 1 saturated heterocycles. The lowest BCUT2D eigenvalue weighted by molar-refractivity contribution is -0.0290. The minimum absolute atomic E-state index is 0.0561. The summed E-state index contributed by atoms with van der Waals surface area (Å²) in [7, 11) is 0. The molecule has 2 N–H and O–H groups in total. The number of ether oxygens (including phenoxy) is 1. The van der Waals surface area contributed by atoms with E-state index in [4.69, 9.17) is 4.74 Å². The largest absolute Gasteiger partial charge is 0.374 e. The Hall–Kier alpha value is -1.67. The van der Waals surface area contributed by atoms with Crippen LogP contribution in [0.4, 0.5) is 4.79 Å². The predicted octanol–water partition coefficient (Wildman–Crippen LogP) is 0.380. The second kappa shape index (κ2) is 7.94. The van der Waals surface area contributed by atoms with Crippen molar-refractivity contribution < 1.29 is 9.53 Å². The summed E-state index contributed by atoms with van der Waals surface area (Å²) in [5.41, 5.74) is 0. The summed E-state index contributed by atoms with van der Waals surface area (Å²) < 4.78 is 7.83. The fourth-order valence-corrected chi connectivity index (χ4v) is 3.36. The smallest absolute Gasteiger partial charge is 0.315 e. The number of fused-ring (bicyclic) bond motifs is 1. The molecule has 24 heavy (non-hydrogen) atoms. The molecule has 1 atom stereocenters. The number of aryl methyl sites for hydroxylation is 1. The van der Waals surface area contributed by atoms with E-state index in [-0.39, 0.29) is 12.1 Å². The normalized spacial score (nSPS) is 21.0. The average Bonchev–Trinajstić information content (AvgIpc) is 3.14. The number of carbonyl (C=O) groups is 1. The zero-order chi connectivity index (χ0) is 16.9. The summed E-state index contributed by atoms with van der Waals surface area (Å²) in [5.74, 6) is 2.49. The second-order valence-corrected chi connectivity index (χ2v) is 7.00. The van der Waals surface area contributed by atoms with Crippen LogP contribution in [0.3, 0.4) is 0 Å². The highest BCUT2D eigenvalue weighted by Gasteiger charge is 2.22. The number of hydrogen-bond acceptors (Lipinski definition) is 5. The van der Waals surface area contributed by atoms with E-state index in [1.54, 1.807) is 0 Å². The number of urea groups is 1. The minimum Gasteiger partial charge on any atom is -0.374 e. The number of amides is 2. The third-order valence-corrected chi connectivity index (χ3v) is 4.43. The van der Waals surface area contributed by atoms with Gasteiger partial charge in [0.1, 0.15) is 5.82 Å². The van der Waals surface area contributed by atoms with Crippen molar-refractivity contribution in [3.8, 4) is 0 Å². The number of hydrogen-bond donors (Lipinski definition) is 2. The number of morpholine rings is 1. The first kappa shape index (κ1) is 17.2. The van der Waals surface area contributed by atoms with Crippen LogP contribution < -0.4 is 10.6 Å². The summed E-state index contributed by atoms with van der Waals surface area (Å²) in [6, 6.07) is -0.185. The number of aromatic nitrogens is 3. The topological polar surface area (TPSA) is 84.3 Å². The first-order chi connectivity index (χ1) is 11.6. The minimum atomic E-state index is -0.185. The lowest BCUT2D eigenvalue weighted by Crippen LogP contribution is -2.49. The highest BCUT2D eigenvalue weighted by molar-refractivity contribution is 5.73. The molecule has 8 heteroatoms. The van der Waals surface area contributed by atoms with Crippen LogP contribution in [0.15, 0.2) is 0 Å². The zero-order valence-corrected chi connectivity index (χ0v) is 14.6. The zero-order valence-electron chi connectivity index (χ0n) is 14.6. The number of rotatable bonds is 6. The van der Waals surface area contributed by atoms with Gasteiger partial charge >= 0.3 is 6.03 Å². The number of carbonyl (C=O) groups excluding carboxylic acids is 1. The molecule has 0 spiro atoms. The van der Waals surface area contributed by atoms with Crippen molar-refractivity contribution in [2.45, 2.75) is 45.9 Å². The maximum Gasteiger partial charge on any atom is 0.315 e. The third kappa shape index (κ3) is 4.45. The SMILES string of the molecule is CC(C)CN1CCO[C@H](CNC(=O)NCc2nnc3n2CCC3)C1. The van der Waals surface area contributed by atoms with Gasteiger partial charge in [0, 0.05) is 39.1 Å². The van der Waals surface area contributed by atoms with E-state index in [9.17, 15) is 4.79 Å². The second-order valence-electron chi connectivity index (χ2n) is 7.00. The average molecular weight is 336 g/mol. The molecule has 0 saturated carbocycles. The van der Waals surface area contributed by atoms with Gasteiger partial charge in [-0.15, -0.1) is 10.2 Å². The quantitative estimate of drug-likeness (QED) is 0.785. The van der Waals surface area contributed by atoms with Crippen molar-refractivity contribution in [1.82, 2.24) is 30.3 Å². The Morgan fingerprint density at radius 3 is 3.04 bits per heavy atom. The van der Waals surface area contributed by atoms with Crippen LogP contribution in [0.1, 0.15) is 31.9 Å². The molecule has 0 bridgehead atoms. The Kier molecular flexibility index (Phi) is 5.68. The van der Waals surface area contributed by atoms with Gasteiger partial charge in [-0.3, -0.25) is 4.90 Å². The van der Waals surface area contributed by atoms with Crippen LogP contribution in [0.5, 0.6) is 0 Å². The van der Waals surface area contributed by atoms with Crippen molar-refractivity contribution in [1.29, 1.82) is 0 Å². The highest BCUT2D eigenvalue weighted by Crippen LogP contribution is 2.13. The molecule has 1 fully saturated rings. The molecule has 2 amide bonds. The van der Waals surface area contributed by atoms with Crippen molar-refractivity contribution in [2.75, 3.05) is 32.8 Å². The first-order valence-corrected chi connectivity index (χ1v) is 8.88. The molecule has 3 heterocycles. The van der Waals surface area contributed by atoms with Crippen LogP contribution in [-0.4, -0.2) is 64.6 Å². The fraction of sp³-hybridized carbons (Fsp3) is 0.812. The Morgan fingerprint density at radius 1 is 1.33 bits per heavy atom. The molecule has 2 aliphatic heterocycles. The lowest BCUT2D eigenvalue weighted by atomic mass is 10.2. The molecule has 1 aromatic rings. The van der Waals surface area contributed by atoms with E-state index < -0.39 is 0 Å². The molecule has 0 radical (unpaired) electrons. The van der Waals surface area contributed by atoms with Gasteiger partial charge in [-0.2, -0.15) is 0 Å². The van der Waals surface area contributed by atoms with E-state index in [1.165, 1.54) is 0 Å². The van der Waals surface area contributed by atoms with Gasteiger partial charge in [0.2, 0.25) is 0 Å². The maximum absolute atomic E-state index is 12.0. The Balaban J connectivity index is 1.37. The summed E-state index contributed by atoms with van der Waals surface area (Å²) in [6.45, 7) is 9.96. The van der Waals surface area contributed by atoms with E-state index >= 15 is 0 Å². The van der Waals surface area contributed by atoms with Crippen LogP contribution in [0.2, 0.25) is 0 Å². The molecule has 0 aromatic carbocycles. The lowest BCUT2D eigenvalue weighted by Gasteiger charge is -2.33. The fourth-order valence-electron chi connectivity index (χ4n) is 3.36. The van der Waals surface area contributed by atoms with E-state index in [2.05, 4.69) is 44.1 Å². The van der Waals surface area contributed by atoms with Crippen molar-refractivity contribution >= 4 is 6.03 Å². The molecular weight excluding hydrogens is 308 g/mol. The molecular formula is C16H28N6O2. The summed E-state index contributed by atoms with van der Waals surface area (Å²) in [6.07, 6.45) is 2.14. The molecule has 2 aliphatic rings. The monoisotopic (exact) mass is 336 g/mol. The maximum atomic E-state index is 12.0. The van der Waals surface area contributed by atoms with Gasteiger partial charge in [-0.05, 0) is 12.3 Å². The molecule has 134 valence electrons. The van der Waals surface area contributed by atoms with Crippen LogP contribution >= 0.6 is 0 Å². The first-order valence-electron chi connectivity index (χ1n) is 8.88. The van der Waals surface area contributed by atoms with Crippen molar-refractivity contribution in [3.63, 3.8) is 0 Å². The van der Waals surface area contributed by atoms with Crippen LogP contribution in [0.25, 0.3) is 0 Å². The van der Waals surface area contributed by atoms with Crippen LogP contribution in [0, 0.1) is 5.92 Å². The van der Waals surface area contributed by atoms with Crippen LogP contribution in [-0.2, 0) is 24.2 Å². The summed E-state index contributed by atoms with van der Waals surface area (Å²) in [4.78, 5) is 14.4. The van der Waals surface area contributed by atoms with Crippen molar-refractivity contribution in [2.24, 2.45) is 5.92 Å². The summed E-state index contributed by atoms with van der Waals surface area (Å²) in [5, 5.41) is 14.0. The van der Waals surface area contributed by atoms with Gasteiger partial charge in [0.25, 0.3) is 0 Å². The number of nitrogens with one attached hydrogen (secondary N) is 2. The van der Waals surface area contributed by atoms with E-state index in [0.29, 0.717) is 19.0 Å². The molecule has 1 aromatic heterocycles. The molecule has 0 aliphatic carbocycles. The standard InChI is InChI=1S/C16H28N6O2/c1-12(2)10-21-6-7-24-13(11-21)8-17-16(23)18-9-15-20-19-14-4-3-5-22(14)15/h12-13H,3-11H2,1-2H3,(H2,17,18,23)/t13-/m1/s1. The predicted molar refractivity (Wildman–Crippen MR) is 89.6 cm³/mol. The van der Waals surface area contributed by atoms with Gasteiger partial charge in [-0.25, -0.2) is 4.79 Å². The van der Waals surface area contributed by atoms with Crippen molar-refractivity contribution in [3.05, 3.63) is 11.6 Å². The Morgan fingerprint density at radius 2 is 2.21 bits per heavy atom. The highest BCUT2D eigenvalue weighted by atomic mass is 16.5. The number of nitrogens with zero attached hydrogens (tertiary/aromatic N) is 4. The molecule has 3 rings (SSSR count). The van der Waals surface area contributed by atoms with E-state index in [1.807, 2.05) is 0 Å².